The van der Waals surface area contributed by atoms with Gasteiger partial charge in [0.1, 0.15) is 0 Å². The van der Waals surface area contributed by atoms with Gasteiger partial charge in [-0.25, -0.2) is 5.01 Å². The maximum absolute atomic E-state index is 4.80. The molecule has 0 saturated heterocycles. The van der Waals surface area contributed by atoms with Crippen LogP contribution in [0.1, 0.15) is 5.56 Å². The fourth-order valence-corrected chi connectivity index (χ4v) is 3.49. The standard InChI is InChI=1S/C25H19N3/c1-3-9-20(10-4-1)28(21-11-5-2-6-12-21)26-18-19-15-16-25-23(17-19)22-13-7-8-14-24(22)27-25/h1-18,27H. The number of nitrogens with one attached hydrogen (secondary N) is 1. The number of aromatic amines is 1. The quantitative estimate of drug-likeness (QED) is 0.288. The van der Waals surface area contributed by atoms with Crippen LogP contribution in [-0.2, 0) is 0 Å². The molecule has 5 aromatic rings. The molecule has 1 N–H and O–H groups in total. The van der Waals surface area contributed by atoms with Crippen molar-refractivity contribution in [3.05, 3.63) is 109 Å². The molecule has 1 heterocycles. The molecule has 3 heteroatoms. The average Bonchev–Trinajstić information content (AvgIpc) is 3.13. The smallest absolute Gasteiger partial charge is 0.0652 e. The van der Waals surface area contributed by atoms with Crippen molar-refractivity contribution >= 4 is 39.4 Å². The molecule has 0 fully saturated rings. The van der Waals surface area contributed by atoms with Crippen LogP contribution < -0.4 is 5.01 Å². The van der Waals surface area contributed by atoms with Gasteiger partial charge in [-0.1, -0.05) is 60.7 Å². The molecule has 1 aromatic heterocycles. The van der Waals surface area contributed by atoms with Crippen LogP contribution in [0.2, 0.25) is 0 Å². The fourth-order valence-electron chi connectivity index (χ4n) is 3.49. The molecule has 134 valence electrons. The largest absolute Gasteiger partial charge is 0.355 e. The minimum Gasteiger partial charge on any atom is -0.355 e. The monoisotopic (exact) mass is 361 g/mol. The number of anilines is 2. The molecule has 0 atom stereocenters. The summed E-state index contributed by atoms with van der Waals surface area (Å²) in [5, 5.41) is 9.21. The number of hydrogen-bond donors (Lipinski definition) is 1. The number of fused-ring (bicyclic) bond motifs is 3. The van der Waals surface area contributed by atoms with Crippen molar-refractivity contribution < 1.29 is 0 Å². The summed E-state index contributed by atoms with van der Waals surface area (Å²) in [4.78, 5) is 3.47. The van der Waals surface area contributed by atoms with E-state index in [1.807, 2.05) is 47.6 Å². The molecule has 3 nitrogen and oxygen atoms in total. The Labute approximate surface area is 163 Å². The second-order valence-electron chi connectivity index (χ2n) is 6.70. The van der Waals surface area contributed by atoms with E-state index in [0.717, 1.165) is 28.0 Å². The molecule has 4 aromatic carbocycles. The second kappa shape index (κ2) is 7.05. The summed E-state index contributed by atoms with van der Waals surface area (Å²) in [6, 6.07) is 35.2. The number of nitrogens with zero attached hydrogens (tertiary/aromatic N) is 2. The topological polar surface area (TPSA) is 31.4 Å². The lowest BCUT2D eigenvalue weighted by molar-refractivity contribution is 1.09. The highest BCUT2D eigenvalue weighted by atomic mass is 15.5. The summed E-state index contributed by atoms with van der Waals surface area (Å²) in [6.45, 7) is 0. The van der Waals surface area contributed by atoms with E-state index in [4.69, 9.17) is 5.10 Å². The van der Waals surface area contributed by atoms with Gasteiger partial charge in [-0.2, -0.15) is 5.10 Å². The Morgan fingerprint density at radius 1 is 0.607 bits per heavy atom. The van der Waals surface area contributed by atoms with Gasteiger partial charge in [0.15, 0.2) is 0 Å². The van der Waals surface area contributed by atoms with Gasteiger partial charge < -0.3 is 4.98 Å². The zero-order valence-corrected chi connectivity index (χ0v) is 15.3. The van der Waals surface area contributed by atoms with Crippen LogP contribution in [0.25, 0.3) is 21.8 Å². The molecule has 0 bridgehead atoms. The number of hydrazone groups is 1. The lowest BCUT2D eigenvalue weighted by Gasteiger charge is -2.19. The summed E-state index contributed by atoms with van der Waals surface area (Å²) in [6.07, 6.45) is 1.92. The van der Waals surface area contributed by atoms with Gasteiger partial charge in [0.25, 0.3) is 0 Å². The summed E-state index contributed by atoms with van der Waals surface area (Å²) in [5.74, 6) is 0. The Kier molecular flexibility index (Phi) is 4.11. The predicted octanol–water partition coefficient (Wildman–Crippen LogP) is 6.49. The summed E-state index contributed by atoms with van der Waals surface area (Å²) in [5.41, 5.74) is 5.41. The highest BCUT2D eigenvalue weighted by molar-refractivity contribution is 6.08. The van der Waals surface area contributed by atoms with Gasteiger partial charge in [0.05, 0.1) is 17.6 Å². The summed E-state index contributed by atoms with van der Waals surface area (Å²) < 4.78 is 0. The van der Waals surface area contributed by atoms with E-state index in [9.17, 15) is 0 Å². The second-order valence-corrected chi connectivity index (χ2v) is 6.70. The first-order valence-electron chi connectivity index (χ1n) is 9.33. The first-order chi connectivity index (χ1) is 13.9. The first-order valence-corrected chi connectivity index (χ1v) is 9.33. The van der Waals surface area contributed by atoms with E-state index in [0.29, 0.717) is 0 Å². The van der Waals surface area contributed by atoms with Crippen molar-refractivity contribution in [1.82, 2.24) is 4.98 Å². The molecule has 0 amide bonds. The van der Waals surface area contributed by atoms with Crippen LogP contribution in [0, 0.1) is 0 Å². The fraction of sp³-hybridized carbons (Fsp3) is 0. The Hall–Kier alpha value is -3.85. The lowest BCUT2D eigenvalue weighted by atomic mass is 10.1. The number of hydrogen-bond acceptors (Lipinski definition) is 2. The maximum Gasteiger partial charge on any atom is 0.0652 e. The molecule has 0 aliphatic carbocycles. The van der Waals surface area contributed by atoms with E-state index >= 15 is 0 Å². The SMILES string of the molecule is C(=NN(c1ccccc1)c1ccccc1)c1ccc2[nH]c3ccccc3c2c1. The van der Waals surface area contributed by atoms with E-state index in [1.165, 1.54) is 10.8 Å². The van der Waals surface area contributed by atoms with Crippen molar-refractivity contribution in [2.45, 2.75) is 0 Å². The van der Waals surface area contributed by atoms with E-state index in [1.54, 1.807) is 0 Å². The molecular weight excluding hydrogens is 342 g/mol. The molecule has 28 heavy (non-hydrogen) atoms. The van der Waals surface area contributed by atoms with Crippen LogP contribution in [0.3, 0.4) is 0 Å². The van der Waals surface area contributed by atoms with E-state index < -0.39 is 0 Å². The van der Waals surface area contributed by atoms with Crippen molar-refractivity contribution in [1.29, 1.82) is 0 Å². The van der Waals surface area contributed by atoms with Gasteiger partial charge in [-0.3, -0.25) is 0 Å². The van der Waals surface area contributed by atoms with E-state index in [-0.39, 0.29) is 0 Å². The van der Waals surface area contributed by atoms with Crippen molar-refractivity contribution in [3.8, 4) is 0 Å². The van der Waals surface area contributed by atoms with Gasteiger partial charge >= 0.3 is 0 Å². The van der Waals surface area contributed by atoms with Gasteiger partial charge in [-0.05, 0) is 48.0 Å². The van der Waals surface area contributed by atoms with Crippen molar-refractivity contribution in [2.75, 3.05) is 5.01 Å². The molecule has 0 unspecified atom stereocenters. The number of para-hydroxylation sites is 3. The number of benzene rings is 4. The van der Waals surface area contributed by atoms with Crippen LogP contribution in [0.4, 0.5) is 11.4 Å². The Morgan fingerprint density at radius 2 is 1.21 bits per heavy atom. The minimum absolute atomic E-state index is 1.03. The summed E-state index contributed by atoms with van der Waals surface area (Å²) >= 11 is 0. The molecule has 5 rings (SSSR count). The highest BCUT2D eigenvalue weighted by Gasteiger charge is 2.07. The molecule has 0 saturated carbocycles. The van der Waals surface area contributed by atoms with Crippen LogP contribution >= 0.6 is 0 Å². The Bertz CT molecular complexity index is 1210. The number of rotatable bonds is 4. The van der Waals surface area contributed by atoms with Gasteiger partial charge in [0, 0.05) is 21.8 Å². The number of aromatic nitrogens is 1. The lowest BCUT2D eigenvalue weighted by Crippen LogP contribution is -2.09. The molecule has 0 aliphatic heterocycles. The molecule has 0 aliphatic rings. The normalized spacial score (nSPS) is 11.4. The average molecular weight is 361 g/mol. The van der Waals surface area contributed by atoms with Crippen LogP contribution in [0.15, 0.2) is 108 Å². The third-order valence-corrected chi connectivity index (χ3v) is 4.85. The summed E-state index contributed by atoms with van der Waals surface area (Å²) in [7, 11) is 0. The highest BCUT2D eigenvalue weighted by Crippen LogP contribution is 2.27. The van der Waals surface area contributed by atoms with Crippen LogP contribution in [0.5, 0.6) is 0 Å². The van der Waals surface area contributed by atoms with Crippen molar-refractivity contribution in [3.63, 3.8) is 0 Å². The van der Waals surface area contributed by atoms with E-state index in [2.05, 4.69) is 71.7 Å². The predicted molar refractivity (Wildman–Crippen MR) is 118 cm³/mol. The Morgan fingerprint density at radius 3 is 1.93 bits per heavy atom. The third kappa shape index (κ3) is 3.03. The van der Waals surface area contributed by atoms with Crippen LogP contribution in [-0.4, -0.2) is 11.2 Å². The first kappa shape index (κ1) is 16.3. The molecular formula is C25H19N3. The molecule has 0 radical (unpaired) electrons. The number of H-pyrrole nitrogens is 1. The third-order valence-electron chi connectivity index (χ3n) is 4.85. The minimum atomic E-state index is 1.03. The van der Waals surface area contributed by atoms with Gasteiger partial charge in [-0.15, -0.1) is 0 Å². The zero-order valence-electron chi connectivity index (χ0n) is 15.3. The van der Waals surface area contributed by atoms with Gasteiger partial charge in [0.2, 0.25) is 0 Å². The maximum atomic E-state index is 4.80. The molecule has 0 spiro atoms. The Balaban J connectivity index is 1.56. The zero-order chi connectivity index (χ0) is 18.8. The van der Waals surface area contributed by atoms with Crippen molar-refractivity contribution in [2.24, 2.45) is 5.10 Å².